The van der Waals surface area contributed by atoms with Crippen molar-refractivity contribution in [2.75, 3.05) is 0 Å². The number of rotatable bonds is 0. The summed E-state index contributed by atoms with van der Waals surface area (Å²) in [5, 5.41) is 0.839. The van der Waals surface area contributed by atoms with Crippen LogP contribution in [0.5, 0.6) is 23.0 Å². The molecule has 2 aromatic carbocycles. The molecule has 0 unspecified atom stereocenters. The number of fused-ring (bicyclic) bond motifs is 2. The van der Waals surface area contributed by atoms with Gasteiger partial charge in [0.1, 0.15) is 5.02 Å². The molecule has 3 rings (SSSR count). The smallest absolute Gasteiger partial charge is 0.190 e. The van der Waals surface area contributed by atoms with Crippen molar-refractivity contribution in [1.82, 2.24) is 0 Å². The van der Waals surface area contributed by atoms with Crippen molar-refractivity contribution in [3.63, 3.8) is 0 Å². The molecule has 0 N–H and O–H groups in total. The fourth-order valence-electron chi connectivity index (χ4n) is 1.68. The molecule has 1 aliphatic heterocycles. The predicted octanol–water partition coefficient (Wildman–Crippen LogP) is 7.94. The maximum atomic E-state index is 6.26. The van der Waals surface area contributed by atoms with E-state index in [4.69, 9.17) is 32.7 Å². The SMILES string of the molecule is Clc1cc(Br)c(Br)c2c1Oc1c(cc(Br)c(Br)c1Cl)O2. The normalized spacial score (nSPS) is 12.3. The highest BCUT2D eigenvalue weighted by Crippen LogP contribution is 2.57. The summed E-state index contributed by atoms with van der Waals surface area (Å²) in [6, 6.07) is 3.50. The number of benzene rings is 2. The second-order valence-electron chi connectivity index (χ2n) is 3.83. The Morgan fingerprint density at radius 1 is 0.750 bits per heavy atom. The van der Waals surface area contributed by atoms with Gasteiger partial charge in [0.15, 0.2) is 23.0 Å². The fraction of sp³-hybridized carbons (Fsp3) is 0. The Morgan fingerprint density at radius 3 is 2.10 bits per heavy atom. The largest absolute Gasteiger partial charge is 0.448 e. The van der Waals surface area contributed by atoms with Gasteiger partial charge in [-0.2, -0.15) is 0 Å². The molecular formula is C12H2Br4Cl2O2. The van der Waals surface area contributed by atoms with E-state index >= 15 is 0 Å². The van der Waals surface area contributed by atoms with Crippen LogP contribution in [0.25, 0.3) is 0 Å². The van der Waals surface area contributed by atoms with Gasteiger partial charge in [0.25, 0.3) is 0 Å². The van der Waals surface area contributed by atoms with Crippen LogP contribution < -0.4 is 9.47 Å². The third-order valence-electron chi connectivity index (χ3n) is 2.59. The van der Waals surface area contributed by atoms with E-state index in [1.54, 1.807) is 12.1 Å². The fourth-order valence-corrected chi connectivity index (χ4v) is 3.88. The maximum Gasteiger partial charge on any atom is 0.190 e. The Kier molecular flexibility index (Phi) is 4.35. The van der Waals surface area contributed by atoms with E-state index in [0.717, 1.165) is 13.4 Å². The molecule has 1 aliphatic rings. The molecule has 0 spiro atoms. The van der Waals surface area contributed by atoms with Gasteiger partial charge in [0.2, 0.25) is 0 Å². The maximum absolute atomic E-state index is 6.26. The minimum absolute atomic E-state index is 0.412. The Labute approximate surface area is 158 Å². The van der Waals surface area contributed by atoms with E-state index in [-0.39, 0.29) is 0 Å². The van der Waals surface area contributed by atoms with Crippen molar-refractivity contribution in [2.45, 2.75) is 0 Å². The highest BCUT2D eigenvalue weighted by molar-refractivity contribution is 9.13. The first-order valence-electron chi connectivity index (χ1n) is 5.11. The standard InChI is InChI=1S/C12H2Br4Cl2O2/c13-3-1-5(17)10-12(8(3)16)19-6-2-4(14)7(15)9(18)11(6)20-10/h1-2H. The van der Waals surface area contributed by atoms with E-state index in [0.29, 0.717) is 37.5 Å². The Bertz CT molecular complexity index is 749. The van der Waals surface area contributed by atoms with Crippen LogP contribution in [0.4, 0.5) is 0 Å². The molecule has 0 amide bonds. The monoisotopic (exact) mass is 564 g/mol. The molecule has 0 aliphatic carbocycles. The molecule has 0 radical (unpaired) electrons. The first kappa shape index (κ1) is 15.4. The van der Waals surface area contributed by atoms with E-state index < -0.39 is 0 Å². The highest BCUT2D eigenvalue weighted by Gasteiger charge is 2.29. The van der Waals surface area contributed by atoms with Gasteiger partial charge in [-0.3, -0.25) is 0 Å². The van der Waals surface area contributed by atoms with Crippen LogP contribution in [0.2, 0.25) is 10.0 Å². The van der Waals surface area contributed by atoms with E-state index in [1.807, 2.05) is 0 Å². The van der Waals surface area contributed by atoms with Gasteiger partial charge in [0.05, 0.1) is 14.0 Å². The number of halogens is 6. The zero-order chi connectivity index (χ0) is 14.6. The van der Waals surface area contributed by atoms with Crippen LogP contribution >= 0.6 is 86.9 Å². The van der Waals surface area contributed by atoms with Crippen molar-refractivity contribution < 1.29 is 9.47 Å². The molecule has 1 heterocycles. The molecule has 0 aromatic heterocycles. The predicted molar refractivity (Wildman–Crippen MR) is 93.9 cm³/mol. The molecule has 0 saturated carbocycles. The van der Waals surface area contributed by atoms with Crippen molar-refractivity contribution in [2.24, 2.45) is 0 Å². The van der Waals surface area contributed by atoms with Gasteiger partial charge in [-0.1, -0.05) is 23.2 Å². The molecular weight excluding hydrogens is 567 g/mol. The van der Waals surface area contributed by atoms with Gasteiger partial charge in [-0.15, -0.1) is 0 Å². The lowest BCUT2D eigenvalue weighted by Crippen LogP contribution is -2.02. The van der Waals surface area contributed by atoms with Crippen LogP contribution in [0.15, 0.2) is 30.0 Å². The number of hydrogen-bond acceptors (Lipinski definition) is 2. The van der Waals surface area contributed by atoms with Crippen molar-refractivity contribution >= 4 is 86.9 Å². The lowest BCUT2D eigenvalue weighted by molar-refractivity contribution is 0.357. The summed E-state index contributed by atoms with van der Waals surface area (Å²) in [4.78, 5) is 0. The summed E-state index contributed by atoms with van der Waals surface area (Å²) in [7, 11) is 0. The van der Waals surface area contributed by atoms with Crippen LogP contribution in [0.1, 0.15) is 0 Å². The van der Waals surface area contributed by atoms with Crippen LogP contribution in [0.3, 0.4) is 0 Å². The zero-order valence-electron chi connectivity index (χ0n) is 9.24. The van der Waals surface area contributed by atoms with Crippen LogP contribution in [-0.4, -0.2) is 0 Å². The van der Waals surface area contributed by atoms with Gasteiger partial charge >= 0.3 is 0 Å². The summed E-state index contributed by atoms with van der Waals surface area (Å²) in [5.74, 6) is 1.85. The molecule has 0 saturated heterocycles. The summed E-state index contributed by atoms with van der Waals surface area (Å²) in [5.41, 5.74) is 0. The summed E-state index contributed by atoms with van der Waals surface area (Å²) in [6.07, 6.45) is 0. The molecule has 0 bridgehead atoms. The lowest BCUT2D eigenvalue weighted by atomic mass is 10.2. The molecule has 8 heteroatoms. The first-order chi connectivity index (χ1) is 9.40. The van der Waals surface area contributed by atoms with Crippen LogP contribution in [-0.2, 0) is 0 Å². The summed E-state index contributed by atoms with van der Waals surface area (Å²) in [6.45, 7) is 0. The summed E-state index contributed by atoms with van der Waals surface area (Å²) < 4.78 is 14.6. The Balaban J connectivity index is 2.24. The first-order valence-corrected chi connectivity index (χ1v) is 9.03. The molecule has 20 heavy (non-hydrogen) atoms. The van der Waals surface area contributed by atoms with Crippen molar-refractivity contribution in [3.8, 4) is 23.0 Å². The third kappa shape index (κ3) is 2.42. The molecule has 2 nitrogen and oxygen atoms in total. The highest BCUT2D eigenvalue weighted by atomic mass is 79.9. The van der Waals surface area contributed by atoms with Crippen molar-refractivity contribution in [1.29, 1.82) is 0 Å². The van der Waals surface area contributed by atoms with E-state index in [9.17, 15) is 0 Å². The zero-order valence-corrected chi connectivity index (χ0v) is 17.1. The molecule has 0 atom stereocenters. The lowest BCUT2D eigenvalue weighted by Gasteiger charge is -2.24. The van der Waals surface area contributed by atoms with E-state index in [2.05, 4.69) is 63.7 Å². The second kappa shape index (κ2) is 5.63. The average molecular weight is 569 g/mol. The minimum atomic E-state index is 0.412. The van der Waals surface area contributed by atoms with Gasteiger partial charge in [-0.25, -0.2) is 0 Å². The number of ether oxygens (including phenoxy) is 2. The topological polar surface area (TPSA) is 18.5 Å². The van der Waals surface area contributed by atoms with Gasteiger partial charge in [0, 0.05) is 15.0 Å². The van der Waals surface area contributed by atoms with Crippen LogP contribution in [0, 0.1) is 0 Å². The van der Waals surface area contributed by atoms with Crippen molar-refractivity contribution in [3.05, 3.63) is 40.1 Å². The van der Waals surface area contributed by atoms with E-state index in [1.165, 1.54) is 0 Å². The Hall–Kier alpha value is 0.540. The average Bonchev–Trinajstić information content (AvgIpc) is 2.41. The quantitative estimate of drug-likeness (QED) is 0.203. The van der Waals surface area contributed by atoms with Gasteiger partial charge in [-0.05, 0) is 69.8 Å². The molecule has 104 valence electrons. The third-order valence-corrected chi connectivity index (χ3v) is 7.38. The second-order valence-corrected chi connectivity index (χ2v) is 7.91. The minimum Gasteiger partial charge on any atom is -0.448 e. The molecule has 2 aromatic rings. The van der Waals surface area contributed by atoms with Gasteiger partial charge < -0.3 is 9.47 Å². The summed E-state index contributed by atoms with van der Waals surface area (Å²) >= 11 is 26.1. The Morgan fingerprint density at radius 2 is 1.40 bits per heavy atom. The number of hydrogen-bond donors (Lipinski definition) is 0. The molecule has 0 fully saturated rings.